The molecule has 0 atom stereocenters. The summed E-state index contributed by atoms with van der Waals surface area (Å²) in [7, 11) is 0. The summed E-state index contributed by atoms with van der Waals surface area (Å²) >= 11 is 0. The number of nitrogens with one attached hydrogen (secondary N) is 1. The quantitative estimate of drug-likeness (QED) is 0.161. The van der Waals surface area contributed by atoms with Crippen LogP contribution in [-0.4, -0.2) is 61.4 Å². The summed E-state index contributed by atoms with van der Waals surface area (Å²) < 4.78 is 21.0. The van der Waals surface area contributed by atoms with Gasteiger partial charge in [-0.15, -0.1) is 0 Å². The topological polar surface area (TPSA) is 117 Å². The fourth-order valence-corrected chi connectivity index (χ4v) is 3.35. The second-order valence-corrected chi connectivity index (χ2v) is 8.41. The van der Waals surface area contributed by atoms with Crippen LogP contribution in [0.4, 0.5) is 0 Å². The molecule has 1 aromatic rings. The molecule has 1 aromatic carbocycles. The molecular formula is C26H39NO8. The summed E-state index contributed by atoms with van der Waals surface area (Å²) in [6.07, 6.45) is 2.54. The van der Waals surface area contributed by atoms with E-state index in [9.17, 15) is 19.2 Å². The average molecular weight is 494 g/mol. The molecule has 0 saturated heterocycles. The monoisotopic (exact) mass is 493 g/mol. The highest BCUT2D eigenvalue weighted by Gasteiger charge is 2.50. The highest BCUT2D eigenvalue weighted by Crippen LogP contribution is 2.22. The van der Waals surface area contributed by atoms with E-state index < -0.39 is 35.0 Å². The highest BCUT2D eigenvalue weighted by molar-refractivity contribution is 6.10. The van der Waals surface area contributed by atoms with Gasteiger partial charge >= 0.3 is 17.9 Å². The number of unbranched alkanes of at least 4 members (excludes halogenated alkanes) is 3. The zero-order valence-corrected chi connectivity index (χ0v) is 21.5. The standard InChI is InChI=1S/C26H39NO8/c1-6-32-22(29)25(4,5)35-19-15-10-9-14-18-26(23(30)33-7-2,24(31)34-8-3)27-21(28)20-16-12-11-13-17-20/h11-13,16-17H,6-10,14-15,18-19H2,1-5H3,(H,27,28). The second kappa shape index (κ2) is 15.1. The number of ether oxygens (including phenoxy) is 4. The fraction of sp³-hybridized carbons (Fsp3) is 0.615. The molecule has 0 aromatic heterocycles. The number of hydrogen-bond acceptors (Lipinski definition) is 8. The molecule has 0 radical (unpaired) electrons. The van der Waals surface area contributed by atoms with Gasteiger partial charge in [-0.25, -0.2) is 14.4 Å². The summed E-state index contributed by atoms with van der Waals surface area (Å²) in [6, 6.07) is 8.33. The average Bonchev–Trinajstić information content (AvgIpc) is 2.83. The van der Waals surface area contributed by atoms with Gasteiger partial charge in [0.2, 0.25) is 5.54 Å². The van der Waals surface area contributed by atoms with Gasteiger partial charge in [0.1, 0.15) is 0 Å². The fourth-order valence-electron chi connectivity index (χ4n) is 3.35. The number of carbonyl (C=O) groups is 4. The molecule has 0 bridgehead atoms. The van der Waals surface area contributed by atoms with E-state index in [1.54, 1.807) is 65.0 Å². The molecule has 0 unspecified atom stereocenters. The first-order chi connectivity index (χ1) is 16.6. The van der Waals surface area contributed by atoms with E-state index in [1.807, 2.05) is 0 Å². The van der Waals surface area contributed by atoms with E-state index >= 15 is 0 Å². The van der Waals surface area contributed by atoms with Gasteiger partial charge in [-0.2, -0.15) is 0 Å². The minimum atomic E-state index is -1.94. The lowest BCUT2D eigenvalue weighted by Crippen LogP contribution is -2.61. The summed E-state index contributed by atoms with van der Waals surface area (Å²) in [5.74, 6) is -2.67. The third-order valence-electron chi connectivity index (χ3n) is 5.29. The van der Waals surface area contributed by atoms with E-state index in [0.717, 1.165) is 6.42 Å². The molecule has 0 saturated carbocycles. The Morgan fingerprint density at radius 2 is 1.26 bits per heavy atom. The number of carbonyl (C=O) groups excluding carboxylic acids is 4. The molecule has 35 heavy (non-hydrogen) atoms. The largest absolute Gasteiger partial charge is 0.464 e. The maximum atomic E-state index is 12.9. The Morgan fingerprint density at radius 1 is 0.743 bits per heavy atom. The first-order valence-electron chi connectivity index (χ1n) is 12.2. The SMILES string of the molecule is CCOC(=O)C(C)(C)OCCCCCCC(NC(=O)c1ccccc1)(C(=O)OCC)C(=O)OCC. The minimum Gasteiger partial charge on any atom is -0.464 e. The Kier molecular flexibility index (Phi) is 13.0. The number of esters is 3. The maximum absolute atomic E-state index is 12.9. The van der Waals surface area contributed by atoms with Crippen molar-refractivity contribution in [3.8, 4) is 0 Å². The lowest BCUT2D eigenvalue weighted by molar-refractivity contribution is -0.168. The molecule has 0 aliphatic heterocycles. The van der Waals surface area contributed by atoms with E-state index in [0.29, 0.717) is 31.4 Å². The Labute approximate surface area is 207 Å². The van der Waals surface area contributed by atoms with Crippen molar-refractivity contribution in [3.63, 3.8) is 0 Å². The van der Waals surface area contributed by atoms with Crippen LogP contribution in [0.25, 0.3) is 0 Å². The highest BCUT2D eigenvalue weighted by atomic mass is 16.6. The zero-order chi connectivity index (χ0) is 26.3. The van der Waals surface area contributed by atoms with Crippen LogP contribution in [0, 0.1) is 0 Å². The van der Waals surface area contributed by atoms with Crippen LogP contribution < -0.4 is 5.32 Å². The zero-order valence-electron chi connectivity index (χ0n) is 21.5. The summed E-state index contributed by atoms with van der Waals surface area (Å²) in [5, 5.41) is 2.60. The van der Waals surface area contributed by atoms with Crippen molar-refractivity contribution in [3.05, 3.63) is 35.9 Å². The van der Waals surface area contributed by atoms with Crippen LogP contribution in [0.5, 0.6) is 0 Å². The van der Waals surface area contributed by atoms with Gasteiger partial charge < -0.3 is 24.3 Å². The number of amides is 1. The van der Waals surface area contributed by atoms with Crippen molar-refractivity contribution in [2.24, 2.45) is 0 Å². The van der Waals surface area contributed by atoms with Crippen LogP contribution in [0.1, 0.15) is 77.1 Å². The van der Waals surface area contributed by atoms with Crippen LogP contribution in [0.15, 0.2) is 30.3 Å². The third kappa shape index (κ3) is 9.32. The van der Waals surface area contributed by atoms with Gasteiger partial charge in [-0.05, 0) is 66.0 Å². The minimum absolute atomic E-state index is 0.0262. The lowest BCUT2D eigenvalue weighted by atomic mass is 9.91. The smallest absolute Gasteiger partial charge is 0.343 e. The van der Waals surface area contributed by atoms with Gasteiger partial charge in [-0.3, -0.25) is 4.79 Å². The maximum Gasteiger partial charge on any atom is 0.343 e. The summed E-state index contributed by atoms with van der Waals surface area (Å²) in [5.41, 5.74) is -2.66. The first kappa shape index (κ1) is 30.1. The van der Waals surface area contributed by atoms with Crippen molar-refractivity contribution in [1.82, 2.24) is 5.32 Å². The van der Waals surface area contributed by atoms with Crippen LogP contribution >= 0.6 is 0 Å². The molecule has 196 valence electrons. The van der Waals surface area contributed by atoms with Crippen molar-refractivity contribution in [2.75, 3.05) is 26.4 Å². The van der Waals surface area contributed by atoms with Crippen molar-refractivity contribution < 1.29 is 38.1 Å². The van der Waals surface area contributed by atoms with E-state index in [1.165, 1.54) is 0 Å². The van der Waals surface area contributed by atoms with Crippen molar-refractivity contribution in [2.45, 2.75) is 77.9 Å². The number of hydrogen-bond donors (Lipinski definition) is 1. The number of benzene rings is 1. The molecule has 1 amide bonds. The van der Waals surface area contributed by atoms with Crippen LogP contribution in [-0.2, 0) is 33.3 Å². The molecule has 0 heterocycles. The lowest BCUT2D eigenvalue weighted by Gasteiger charge is -2.30. The predicted octanol–water partition coefficient (Wildman–Crippen LogP) is 3.59. The molecular weight excluding hydrogens is 454 g/mol. The van der Waals surface area contributed by atoms with E-state index in [-0.39, 0.29) is 26.2 Å². The van der Waals surface area contributed by atoms with Crippen LogP contribution in [0.2, 0.25) is 0 Å². The summed E-state index contributed by atoms with van der Waals surface area (Å²) in [4.78, 5) is 50.6. The van der Waals surface area contributed by atoms with E-state index in [4.69, 9.17) is 18.9 Å². The Morgan fingerprint density at radius 3 is 1.80 bits per heavy atom. The predicted molar refractivity (Wildman–Crippen MR) is 130 cm³/mol. The number of rotatable bonds is 16. The van der Waals surface area contributed by atoms with Crippen molar-refractivity contribution in [1.29, 1.82) is 0 Å². The van der Waals surface area contributed by atoms with Gasteiger partial charge in [0.05, 0.1) is 19.8 Å². The Bertz CT molecular complexity index is 804. The molecule has 1 N–H and O–H groups in total. The second-order valence-electron chi connectivity index (χ2n) is 8.41. The Hall–Kier alpha value is -2.94. The third-order valence-corrected chi connectivity index (χ3v) is 5.29. The molecule has 9 nitrogen and oxygen atoms in total. The normalized spacial score (nSPS) is 11.5. The van der Waals surface area contributed by atoms with Crippen LogP contribution in [0.3, 0.4) is 0 Å². The molecule has 0 aliphatic carbocycles. The Balaban J connectivity index is 2.81. The molecule has 0 spiro atoms. The molecule has 9 heteroatoms. The van der Waals surface area contributed by atoms with Gasteiger partial charge in [0.15, 0.2) is 5.60 Å². The summed E-state index contributed by atoms with van der Waals surface area (Å²) in [6.45, 7) is 9.06. The van der Waals surface area contributed by atoms with Crippen molar-refractivity contribution >= 4 is 23.8 Å². The van der Waals surface area contributed by atoms with Gasteiger partial charge in [0, 0.05) is 12.2 Å². The molecule has 1 rings (SSSR count). The first-order valence-corrected chi connectivity index (χ1v) is 12.2. The van der Waals surface area contributed by atoms with E-state index in [2.05, 4.69) is 5.32 Å². The van der Waals surface area contributed by atoms with Gasteiger partial charge in [0.25, 0.3) is 5.91 Å². The van der Waals surface area contributed by atoms with Gasteiger partial charge in [-0.1, -0.05) is 31.0 Å². The molecule has 0 aliphatic rings. The molecule has 0 fully saturated rings.